The van der Waals surface area contributed by atoms with Crippen molar-refractivity contribution in [2.45, 2.75) is 19.9 Å². The molecule has 3 aromatic rings. The number of hydrogen-bond acceptors (Lipinski definition) is 6. The van der Waals surface area contributed by atoms with Crippen molar-refractivity contribution in [1.29, 1.82) is 0 Å². The van der Waals surface area contributed by atoms with Crippen LogP contribution < -0.4 is 19.1 Å². The third kappa shape index (κ3) is 3.46. The third-order valence-corrected chi connectivity index (χ3v) is 6.11. The zero-order valence-electron chi connectivity index (χ0n) is 19.0. The van der Waals surface area contributed by atoms with Gasteiger partial charge in [0.2, 0.25) is 6.79 Å². The summed E-state index contributed by atoms with van der Waals surface area (Å²) in [5.41, 5.74) is 3.48. The van der Waals surface area contributed by atoms with Crippen LogP contribution in [0.2, 0.25) is 0 Å². The van der Waals surface area contributed by atoms with Gasteiger partial charge < -0.3 is 19.3 Å². The molecule has 7 nitrogen and oxygen atoms in total. The molecule has 34 heavy (non-hydrogen) atoms. The molecule has 3 aromatic carbocycles. The summed E-state index contributed by atoms with van der Waals surface area (Å²) in [7, 11) is 1.55. The molecular weight excluding hydrogens is 434 g/mol. The van der Waals surface area contributed by atoms with Crippen LogP contribution in [0.25, 0.3) is 5.76 Å². The molecule has 7 heteroatoms. The van der Waals surface area contributed by atoms with Crippen LogP contribution >= 0.6 is 0 Å². The van der Waals surface area contributed by atoms with Crippen molar-refractivity contribution in [3.63, 3.8) is 0 Å². The highest BCUT2D eigenvalue weighted by Gasteiger charge is 2.47. The largest absolute Gasteiger partial charge is 0.507 e. The standard InChI is InChI=1S/C27H23NO6/c1-15-7-9-20(16(2)11-15)28-24(17-5-4-6-19(12-17)32-3)23(26(30)27(28)31)25(29)18-8-10-21-22(13-18)34-14-33-21/h4-13,24,29H,14H2,1-3H3/b25-23-. The van der Waals surface area contributed by atoms with Crippen molar-refractivity contribution in [3.8, 4) is 17.2 Å². The Hall–Kier alpha value is -4.26. The number of fused-ring (bicyclic) bond motifs is 1. The molecule has 1 unspecified atom stereocenters. The summed E-state index contributed by atoms with van der Waals surface area (Å²) in [4.78, 5) is 28.2. The summed E-state index contributed by atoms with van der Waals surface area (Å²) < 4.78 is 16.2. The van der Waals surface area contributed by atoms with Crippen LogP contribution in [0, 0.1) is 13.8 Å². The van der Waals surface area contributed by atoms with Gasteiger partial charge in [-0.05, 0) is 61.4 Å². The van der Waals surface area contributed by atoms with E-state index in [1.54, 1.807) is 43.5 Å². The quantitative estimate of drug-likeness (QED) is 0.348. The summed E-state index contributed by atoms with van der Waals surface area (Å²) in [6, 6.07) is 16.9. The van der Waals surface area contributed by atoms with Crippen molar-refractivity contribution in [1.82, 2.24) is 0 Å². The van der Waals surface area contributed by atoms with Gasteiger partial charge in [0, 0.05) is 11.3 Å². The number of aliphatic hydroxyl groups excluding tert-OH is 1. The number of anilines is 1. The minimum atomic E-state index is -0.845. The van der Waals surface area contributed by atoms with Crippen molar-refractivity contribution < 1.29 is 28.9 Å². The van der Waals surface area contributed by atoms with Gasteiger partial charge in [0.15, 0.2) is 11.5 Å². The lowest BCUT2D eigenvalue weighted by Gasteiger charge is -2.27. The number of methoxy groups -OCH3 is 1. The SMILES string of the molecule is COc1cccc(C2/C(=C(/O)c3ccc4c(c3)OCO4)C(=O)C(=O)N2c2ccc(C)cc2C)c1. The lowest BCUT2D eigenvalue weighted by molar-refractivity contribution is -0.132. The summed E-state index contributed by atoms with van der Waals surface area (Å²) in [5, 5.41) is 11.3. The van der Waals surface area contributed by atoms with E-state index in [-0.39, 0.29) is 18.1 Å². The highest BCUT2D eigenvalue weighted by Crippen LogP contribution is 2.44. The number of carbonyl (C=O) groups excluding carboxylic acids is 2. The fraction of sp³-hybridized carbons (Fsp3) is 0.185. The van der Waals surface area contributed by atoms with Gasteiger partial charge >= 0.3 is 0 Å². The van der Waals surface area contributed by atoms with Crippen LogP contribution in [0.3, 0.4) is 0 Å². The molecule has 172 valence electrons. The van der Waals surface area contributed by atoms with E-state index in [2.05, 4.69) is 0 Å². The Bertz CT molecular complexity index is 1360. The first-order valence-electron chi connectivity index (χ1n) is 10.8. The van der Waals surface area contributed by atoms with Gasteiger partial charge in [0.25, 0.3) is 11.7 Å². The predicted octanol–water partition coefficient (Wildman–Crippen LogP) is 4.67. The van der Waals surface area contributed by atoms with E-state index in [0.29, 0.717) is 34.1 Å². The van der Waals surface area contributed by atoms with Gasteiger partial charge in [-0.3, -0.25) is 14.5 Å². The average molecular weight is 457 g/mol. The van der Waals surface area contributed by atoms with Gasteiger partial charge in [-0.25, -0.2) is 0 Å². The smallest absolute Gasteiger partial charge is 0.300 e. The lowest BCUT2D eigenvalue weighted by Crippen LogP contribution is -2.30. The zero-order valence-corrected chi connectivity index (χ0v) is 19.0. The van der Waals surface area contributed by atoms with E-state index in [9.17, 15) is 14.7 Å². The minimum Gasteiger partial charge on any atom is -0.507 e. The maximum absolute atomic E-state index is 13.4. The number of carbonyl (C=O) groups is 2. The van der Waals surface area contributed by atoms with E-state index >= 15 is 0 Å². The molecule has 1 atom stereocenters. The molecule has 0 bridgehead atoms. The van der Waals surface area contributed by atoms with Crippen LogP contribution in [0.4, 0.5) is 5.69 Å². The number of Topliss-reactive ketones (excluding diaryl/α,β-unsaturated/α-hetero) is 1. The van der Waals surface area contributed by atoms with E-state index in [1.165, 1.54) is 4.90 Å². The van der Waals surface area contributed by atoms with E-state index in [4.69, 9.17) is 14.2 Å². The first-order valence-corrected chi connectivity index (χ1v) is 10.8. The second kappa shape index (κ2) is 8.26. The van der Waals surface area contributed by atoms with Gasteiger partial charge in [-0.1, -0.05) is 29.8 Å². The fourth-order valence-electron chi connectivity index (χ4n) is 4.48. The van der Waals surface area contributed by atoms with Crippen LogP contribution in [0.15, 0.2) is 66.2 Å². The number of ether oxygens (including phenoxy) is 3. The predicted molar refractivity (Wildman–Crippen MR) is 126 cm³/mol. The topological polar surface area (TPSA) is 85.3 Å². The number of aryl methyl sites for hydroxylation is 2. The molecule has 1 amide bonds. The summed E-state index contributed by atoms with van der Waals surface area (Å²) >= 11 is 0. The van der Waals surface area contributed by atoms with Crippen molar-refractivity contribution in [2.24, 2.45) is 0 Å². The molecule has 0 aromatic heterocycles. The Morgan fingerprint density at radius 3 is 2.56 bits per heavy atom. The van der Waals surface area contributed by atoms with Crippen molar-refractivity contribution in [3.05, 3.63) is 88.5 Å². The average Bonchev–Trinajstić information content (AvgIpc) is 3.41. The van der Waals surface area contributed by atoms with Gasteiger partial charge in [0.1, 0.15) is 11.5 Å². The van der Waals surface area contributed by atoms with Gasteiger partial charge in [-0.15, -0.1) is 0 Å². The molecule has 2 aliphatic heterocycles. The Kier molecular flexibility index (Phi) is 5.24. The minimum absolute atomic E-state index is 0.00269. The first kappa shape index (κ1) is 21.6. The molecule has 2 heterocycles. The number of nitrogens with zero attached hydrogens (tertiary/aromatic N) is 1. The number of aliphatic hydroxyl groups is 1. The highest BCUT2D eigenvalue weighted by atomic mass is 16.7. The number of ketones is 1. The van der Waals surface area contributed by atoms with Crippen molar-refractivity contribution >= 4 is 23.1 Å². The van der Waals surface area contributed by atoms with E-state index in [1.807, 2.05) is 38.1 Å². The number of benzene rings is 3. The van der Waals surface area contributed by atoms with Crippen molar-refractivity contribution in [2.75, 3.05) is 18.8 Å². The Balaban J connectivity index is 1.73. The Labute approximate surface area is 196 Å². The van der Waals surface area contributed by atoms with Gasteiger partial charge in [-0.2, -0.15) is 0 Å². The molecule has 1 N–H and O–H groups in total. The summed E-state index contributed by atoms with van der Waals surface area (Å²) in [6.07, 6.45) is 0. The molecule has 1 saturated heterocycles. The van der Waals surface area contributed by atoms with Crippen LogP contribution in [0.1, 0.15) is 28.3 Å². The van der Waals surface area contributed by atoms with E-state index < -0.39 is 17.7 Å². The molecule has 0 radical (unpaired) electrons. The summed E-state index contributed by atoms with van der Waals surface area (Å²) in [5.74, 6) is -0.157. The number of rotatable bonds is 4. The first-order chi connectivity index (χ1) is 16.4. The molecule has 0 spiro atoms. The van der Waals surface area contributed by atoms with Crippen LogP contribution in [-0.4, -0.2) is 30.7 Å². The molecule has 0 saturated carbocycles. The second-order valence-corrected chi connectivity index (χ2v) is 8.30. The zero-order chi connectivity index (χ0) is 24.0. The maximum Gasteiger partial charge on any atom is 0.300 e. The lowest BCUT2D eigenvalue weighted by atomic mass is 9.94. The summed E-state index contributed by atoms with van der Waals surface area (Å²) in [6.45, 7) is 3.94. The highest BCUT2D eigenvalue weighted by molar-refractivity contribution is 6.51. The third-order valence-electron chi connectivity index (χ3n) is 6.11. The maximum atomic E-state index is 13.4. The van der Waals surface area contributed by atoms with Crippen LogP contribution in [-0.2, 0) is 9.59 Å². The Morgan fingerprint density at radius 1 is 1.00 bits per heavy atom. The molecule has 0 aliphatic carbocycles. The fourth-order valence-corrected chi connectivity index (χ4v) is 4.48. The molecule has 5 rings (SSSR count). The number of hydrogen-bond donors (Lipinski definition) is 1. The molecular formula is C27H23NO6. The van der Waals surface area contributed by atoms with E-state index in [0.717, 1.165) is 11.1 Å². The van der Waals surface area contributed by atoms with Gasteiger partial charge in [0.05, 0.1) is 18.7 Å². The normalized spacial score (nSPS) is 18.4. The number of amides is 1. The monoisotopic (exact) mass is 457 g/mol. The molecule has 1 fully saturated rings. The van der Waals surface area contributed by atoms with Crippen LogP contribution in [0.5, 0.6) is 17.2 Å². The Morgan fingerprint density at radius 2 is 1.79 bits per heavy atom. The second-order valence-electron chi connectivity index (χ2n) is 8.30. The molecule has 2 aliphatic rings.